The minimum Gasteiger partial charge on any atom is -0.298 e. The van der Waals surface area contributed by atoms with Crippen molar-refractivity contribution in [3.63, 3.8) is 0 Å². The highest BCUT2D eigenvalue weighted by Gasteiger charge is 2.59. The molecular formula is C25H27ClO2. The Morgan fingerprint density at radius 2 is 1.64 bits per heavy atom. The van der Waals surface area contributed by atoms with Crippen molar-refractivity contribution in [2.75, 3.05) is 0 Å². The van der Waals surface area contributed by atoms with E-state index in [2.05, 4.69) is 37.3 Å². The van der Waals surface area contributed by atoms with E-state index in [1.807, 2.05) is 6.08 Å². The molecule has 146 valence electrons. The van der Waals surface area contributed by atoms with Gasteiger partial charge in [0.15, 0.2) is 11.6 Å². The second kappa shape index (κ2) is 6.99. The van der Waals surface area contributed by atoms with Gasteiger partial charge < -0.3 is 0 Å². The fourth-order valence-corrected chi connectivity index (χ4v) is 6.44. The average Bonchev–Trinajstić information content (AvgIpc) is 3.01. The van der Waals surface area contributed by atoms with Gasteiger partial charge in [0.05, 0.1) is 5.38 Å². The van der Waals surface area contributed by atoms with Crippen molar-refractivity contribution < 1.29 is 9.59 Å². The first-order valence-electron chi connectivity index (χ1n) is 10.8. The monoisotopic (exact) mass is 394 g/mol. The Hall–Kier alpha value is -1.67. The number of ketones is 2. The van der Waals surface area contributed by atoms with Crippen LogP contribution in [0.5, 0.6) is 0 Å². The quantitative estimate of drug-likeness (QED) is 0.502. The minimum atomic E-state index is -0.542. The Morgan fingerprint density at radius 3 is 2.18 bits per heavy atom. The normalized spacial score (nSPS) is 36.6. The Morgan fingerprint density at radius 1 is 1.00 bits per heavy atom. The predicted octanol–water partition coefficient (Wildman–Crippen LogP) is 5.49. The molecule has 3 atom stereocenters. The van der Waals surface area contributed by atoms with Gasteiger partial charge in [-0.15, -0.1) is 11.6 Å². The summed E-state index contributed by atoms with van der Waals surface area (Å²) in [4.78, 5) is 26.9. The highest BCUT2D eigenvalue weighted by molar-refractivity contribution is 6.22. The number of benzene rings is 1. The molecule has 28 heavy (non-hydrogen) atoms. The summed E-state index contributed by atoms with van der Waals surface area (Å²) in [5.41, 5.74) is 4.32. The second-order valence-corrected chi connectivity index (χ2v) is 9.56. The topological polar surface area (TPSA) is 34.1 Å². The summed E-state index contributed by atoms with van der Waals surface area (Å²) in [6.07, 6.45) is 12.4. The number of Topliss-reactive ketones (excluding diaryl/α,β-unsaturated/α-hetero) is 2. The molecule has 0 aromatic heterocycles. The van der Waals surface area contributed by atoms with E-state index in [1.165, 1.54) is 0 Å². The van der Waals surface area contributed by atoms with Crippen LogP contribution in [0.3, 0.4) is 0 Å². The van der Waals surface area contributed by atoms with Crippen LogP contribution in [0, 0.1) is 23.7 Å². The van der Waals surface area contributed by atoms with Crippen LogP contribution in [0.15, 0.2) is 36.4 Å². The third-order valence-electron chi connectivity index (χ3n) is 7.66. The number of alkyl halides is 1. The standard InChI is InChI=1S/C25H27ClO2/c1-2-14-3-8-18(15-9-11-19(26)12-10-15)13-20(14)23-24(27)21-16-4-5-17(7-6-16)22(21)25(23)28/h3,8-11,13,16-17,19,21-23H,2,4-7,12H2,1H3. The van der Waals surface area contributed by atoms with Gasteiger partial charge in [0.25, 0.3) is 0 Å². The second-order valence-electron chi connectivity index (χ2n) is 9.00. The minimum absolute atomic E-state index is 0.0100. The molecule has 3 unspecified atom stereocenters. The van der Waals surface area contributed by atoms with Gasteiger partial charge in [0, 0.05) is 11.8 Å². The zero-order valence-electron chi connectivity index (χ0n) is 16.4. The van der Waals surface area contributed by atoms with Crippen LogP contribution in [0.2, 0.25) is 0 Å². The SMILES string of the molecule is CCc1ccc(C2=CCC(Cl)C=C2)cc1C1C(=O)C2C3CCC(CC3)C2C1=O. The van der Waals surface area contributed by atoms with Gasteiger partial charge in [-0.2, -0.15) is 0 Å². The van der Waals surface area contributed by atoms with Crippen LogP contribution in [0.1, 0.15) is 61.6 Å². The van der Waals surface area contributed by atoms with E-state index in [1.54, 1.807) is 0 Å². The van der Waals surface area contributed by atoms with Crippen LogP contribution >= 0.6 is 11.6 Å². The van der Waals surface area contributed by atoms with E-state index in [0.29, 0.717) is 11.8 Å². The molecule has 0 aliphatic heterocycles. The summed E-state index contributed by atoms with van der Waals surface area (Å²) >= 11 is 6.17. The van der Waals surface area contributed by atoms with Crippen LogP contribution in [0.25, 0.3) is 5.57 Å². The number of hydrogen-bond donors (Lipinski definition) is 0. The summed E-state index contributed by atoms with van der Waals surface area (Å²) in [5, 5.41) is 0.0507. The molecule has 3 heteroatoms. The Balaban J connectivity index is 1.55. The summed E-state index contributed by atoms with van der Waals surface area (Å²) in [7, 11) is 0. The lowest BCUT2D eigenvalue weighted by Crippen LogP contribution is -2.41. The molecule has 0 radical (unpaired) electrons. The largest absolute Gasteiger partial charge is 0.298 e. The Labute approximate surface area is 172 Å². The van der Waals surface area contributed by atoms with E-state index >= 15 is 0 Å². The molecule has 0 amide bonds. The lowest BCUT2D eigenvalue weighted by atomic mass is 9.59. The lowest BCUT2D eigenvalue weighted by Gasteiger charge is -2.43. The molecule has 6 rings (SSSR count). The van der Waals surface area contributed by atoms with Crippen LogP contribution in [-0.4, -0.2) is 16.9 Å². The van der Waals surface area contributed by atoms with E-state index in [4.69, 9.17) is 11.6 Å². The molecule has 0 N–H and O–H groups in total. The molecule has 2 nitrogen and oxygen atoms in total. The Bertz CT molecular complexity index is 858. The third kappa shape index (κ3) is 2.76. The van der Waals surface area contributed by atoms with Crippen LogP contribution in [-0.2, 0) is 16.0 Å². The van der Waals surface area contributed by atoms with Crippen LogP contribution in [0.4, 0.5) is 0 Å². The number of carbonyl (C=O) groups is 2. The Kier molecular flexibility index (Phi) is 4.58. The molecule has 5 aliphatic carbocycles. The number of carbonyl (C=O) groups excluding carboxylic acids is 2. The molecule has 1 aromatic carbocycles. The number of fused-ring (bicyclic) bond motifs is 2. The van der Waals surface area contributed by atoms with E-state index in [9.17, 15) is 9.59 Å². The summed E-state index contributed by atoms with van der Waals surface area (Å²) in [6.45, 7) is 2.11. The first kappa shape index (κ1) is 18.4. The number of rotatable bonds is 3. The number of hydrogen-bond acceptors (Lipinski definition) is 2. The predicted molar refractivity (Wildman–Crippen MR) is 112 cm³/mol. The first-order chi connectivity index (χ1) is 13.6. The van der Waals surface area contributed by atoms with Crippen molar-refractivity contribution in [2.24, 2.45) is 23.7 Å². The van der Waals surface area contributed by atoms with Crippen molar-refractivity contribution >= 4 is 28.7 Å². The first-order valence-corrected chi connectivity index (χ1v) is 11.2. The van der Waals surface area contributed by atoms with Crippen molar-refractivity contribution in [1.29, 1.82) is 0 Å². The maximum Gasteiger partial charge on any atom is 0.151 e. The zero-order valence-corrected chi connectivity index (χ0v) is 17.1. The van der Waals surface area contributed by atoms with Crippen LogP contribution < -0.4 is 0 Å². The fourth-order valence-electron chi connectivity index (χ4n) is 6.27. The van der Waals surface area contributed by atoms with Crippen molar-refractivity contribution in [3.05, 3.63) is 53.1 Å². The molecule has 1 aromatic rings. The van der Waals surface area contributed by atoms with Gasteiger partial charge >= 0.3 is 0 Å². The number of allylic oxidation sites excluding steroid dienone is 4. The van der Waals surface area contributed by atoms with E-state index < -0.39 is 5.92 Å². The summed E-state index contributed by atoms with van der Waals surface area (Å²) in [5.74, 6) is 0.743. The van der Waals surface area contributed by atoms with Gasteiger partial charge in [-0.3, -0.25) is 9.59 Å². The number of halogens is 1. The van der Waals surface area contributed by atoms with Crippen molar-refractivity contribution in [1.82, 2.24) is 0 Å². The average molecular weight is 395 g/mol. The summed E-state index contributed by atoms with van der Waals surface area (Å²) < 4.78 is 0. The summed E-state index contributed by atoms with van der Waals surface area (Å²) in [6, 6.07) is 6.35. The van der Waals surface area contributed by atoms with Crippen molar-refractivity contribution in [3.8, 4) is 0 Å². The molecule has 4 saturated carbocycles. The molecule has 4 fully saturated rings. The molecule has 5 aliphatic rings. The smallest absolute Gasteiger partial charge is 0.151 e. The zero-order chi connectivity index (χ0) is 19.4. The molecule has 0 heterocycles. The maximum atomic E-state index is 13.5. The lowest BCUT2D eigenvalue weighted by molar-refractivity contribution is -0.129. The number of aryl methyl sites for hydroxylation is 1. The maximum absolute atomic E-state index is 13.5. The van der Waals surface area contributed by atoms with Gasteiger partial charge in [0.2, 0.25) is 0 Å². The highest BCUT2D eigenvalue weighted by atomic mass is 35.5. The molecular weight excluding hydrogens is 368 g/mol. The third-order valence-corrected chi connectivity index (χ3v) is 7.99. The van der Waals surface area contributed by atoms with Gasteiger partial charge in [-0.1, -0.05) is 37.3 Å². The molecule has 0 saturated heterocycles. The fraction of sp³-hybridized carbons (Fsp3) is 0.520. The molecule has 2 bridgehead atoms. The van der Waals surface area contributed by atoms with Crippen molar-refractivity contribution in [2.45, 2.75) is 56.7 Å². The van der Waals surface area contributed by atoms with Gasteiger partial charge in [0.1, 0.15) is 5.92 Å². The highest BCUT2D eigenvalue weighted by Crippen LogP contribution is 2.56. The molecule has 0 spiro atoms. The van der Waals surface area contributed by atoms with Gasteiger partial charge in [-0.05, 0) is 78.7 Å². The van der Waals surface area contributed by atoms with E-state index in [-0.39, 0.29) is 28.8 Å². The van der Waals surface area contributed by atoms with E-state index in [0.717, 1.165) is 60.8 Å². The van der Waals surface area contributed by atoms with Gasteiger partial charge in [-0.25, -0.2) is 0 Å².